The number of halogens is 1. The van der Waals surface area contributed by atoms with Crippen LogP contribution in [0, 0.1) is 0 Å². The van der Waals surface area contributed by atoms with Crippen LogP contribution in [0.4, 0.5) is 5.95 Å². The first-order valence-electron chi connectivity index (χ1n) is 8.21. The average molecular weight is 381 g/mol. The van der Waals surface area contributed by atoms with Gasteiger partial charge in [0, 0.05) is 24.4 Å². The van der Waals surface area contributed by atoms with Gasteiger partial charge >= 0.3 is 0 Å². The Labute approximate surface area is 161 Å². The Kier molecular flexibility index (Phi) is 5.47. The van der Waals surface area contributed by atoms with E-state index in [0.717, 1.165) is 16.0 Å². The summed E-state index contributed by atoms with van der Waals surface area (Å²) in [5.41, 5.74) is 2.27. The monoisotopic (exact) mass is 380 g/mol. The molecule has 0 bridgehead atoms. The molecule has 2 amide bonds. The van der Waals surface area contributed by atoms with E-state index in [0.29, 0.717) is 10.7 Å². The van der Waals surface area contributed by atoms with Crippen LogP contribution in [0.2, 0.25) is 5.02 Å². The number of carbonyl (C=O) groups excluding carboxylic acids is 2. The molecule has 3 rings (SSSR count). The molecule has 0 aliphatic rings. The van der Waals surface area contributed by atoms with E-state index in [1.165, 1.54) is 18.5 Å². The van der Waals surface area contributed by atoms with Crippen molar-refractivity contribution < 1.29 is 9.59 Å². The molecule has 1 aromatic heterocycles. The lowest BCUT2D eigenvalue weighted by atomic mass is 10.2. The minimum Gasteiger partial charge on any atom is -0.274 e. The number of anilines is 1. The van der Waals surface area contributed by atoms with E-state index < -0.39 is 11.8 Å². The van der Waals surface area contributed by atoms with Gasteiger partial charge in [0.25, 0.3) is 0 Å². The van der Waals surface area contributed by atoms with E-state index in [-0.39, 0.29) is 5.95 Å². The number of hydrogen-bond acceptors (Lipinski definition) is 4. The van der Waals surface area contributed by atoms with E-state index in [4.69, 9.17) is 11.6 Å². The lowest BCUT2D eigenvalue weighted by molar-refractivity contribution is -0.124. The molecule has 2 aromatic carbocycles. The molecule has 7 heteroatoms. The normalized spacial score (nSPS) is 10.9. The van der Waals surface area contributed by atoms with Gasteiger partial charge in [0.05, 0.1) is 18.1 Å². The average Bonchev–Trinajstić information content (AvgIpc) is 3.05. The number of amides is 2. The first kappa shape index (κ1) is 18.5. The minimum absolute atomic E-state index is 0.138. The summed E-state index contributed by atoms with van der Waals surface area (Å²) in [4.78, 5) is 29.4. The van der Waals surface area contributed by atoms with Crippen molar-refractivity contribution in [3.63, 3.8) is 0 Å². The lowest BCUT2D eigenvalue weighted by Gasteiger charge is -2.15. The molecule has 0 unspecified atom stereocenters. The van der Waals surface area contributed by atoms with Gasteiger partial charge in [-0.05, 0) is 17.7 Å². The van der Waals surface area contributed by atoms with Crippen molar-refractivity contribution in [2.75, 3.05) is 4.90 Å². The van der Waals surface area contributed by atoms with Crippen molar-refractivity contribution in [3.05, 3.63) is 71.4 Å². The summed E-state index contributed by atoms with van der Waals surface area (Å²) in [6, 6.07) is 16.6. The summed E-state index contributed by atoms with van der Waals surface area (Å²) in [5.74, 6) is -0.731. The van der Waals surface area contributed by atoms with Gasteiger partial charge in [0.15, 0.2) is 0 Å². The first-order valence-corrected chi connectivity index (χ1v) is 8.59. The molecular weight excluding hydrogens is 364 g/mol. The molecule has 0 atom stereocenters. The number of benzene rings is 2. The number of carbonyl (C=O) groups is 2. The number of nitrogens with zero attached hydrogens (tertiary/aromatic N) is 4. The smallest absolute Gasteiger partial charge is 0.241 e. The largest absolute Gasteiger partial charge is 0.274 e. The van der Waals surface area contributed by atoms with Crippen molar-refractivity contribution in [3.8, 4) is 11.3 Å². The van der Waals surface area contributed by atoms with Crippen LogP contribution in [0.5, 0.6) is 0 Å². The standard InChI is InChI=1S/C20H17ClN4O2/c1-14(26)25(15(2)27)20-23-19(17-6-4-3-5-7-17)13-24(20)22-12-16-8-10-18(21)11-9-16/h3-13H,1-2H3/b22-12+. The second kappa shape index (κ2) is 7.97. The van der Waals surface area contributed by atoms with Gasteiger partial charge in [-0.1, -0.05) is 54.1 Å². The highest BCUT2D eigenvalue weighted by molar-refractivity contribution is 6.30. The highest BCUT2D eigenvalue weighted by Gasteiger charge is 2.23. The molecular formula is C20H17ClN4O2. The summed E-state index contributed by atoms with van der Waals surface area (Å²) in [7, 11) is 0. The van der Waals surface area contributed by atoms with E-state index in [1.54, 1.807) is 24.5 Å². The number of rotatable bonds is 4. The molecule has 0 aliphatic heterocycles. The Morgan fingerprint density at radius 1 is 1.04 bits per heavy atom. The van der Waals surface area contributed by atoms with Crippen LogP contribution in [-0.2, 0) is 9.59 Å². The van der Waals surface area contributed by atoms with Crippen LogP contribution < -0.4 is 4.90 Å². The van der Waals surface area contributed by atoms with E-state index >= 15 is 0 Å². The Morgan fingerprint density at radius 2 is 1.67 bits per heavy atom. The molecule has 136 valence electrons. The first-order chi connectivity index (χ1) is 13.0. The molecule has 6 nitrogen and oxygen atoms in total. The predicted octanol–water partition coefficient (Wildman–Crippen LogP) is 3.99. The lowest BCUT2D eigenvalue weighted by Crippen LogP contribution is -2.35. The van der Waals surface area contributed by atoms with E-state index in [1.807, 2.05) is 42.5 Å². The molecule has 3 aromatic rings. The Morgan fingerprint density at radius 3 is 2.26 bits per heavy atom. The predicted molar refractivity (Wildman–Crippen MR) is 106 cm³/mol. The van der Waals surface area contributed by atoms with Crippen LogP contribution in [0.1, 0.15) is 19.4 Å². The third kappa shape index (κ3) is 4.30. The van der Waals surface area contributed by atoms with E-state index in [2.05, 4.69) is 10.1 Å². The van der Waals surface area contributed by atoms with Gasteiger partial charge in [0.1, 0.15) is 0 Å². The van der Waals surface area contributed by atoms with Gasteiger partial charge in [-0.15, -0.1) is 0 Å². The van der Waals surface area contributed by atoms with Crippen LogP contribution in [0.15, 0.2) is 65.9 Å². The molecule has 0 spiro atoms. The maximum absolute atomic E-state index is 12.0. The Hall–Kier alpha value is -3.25. The zero-order valence-electron chi connectivity index (χ0n) is 14.8. The molecule has 0 saturated heterocycles. The van der Waals surface area contributed by atoms with Crippen LogP contribution >= 0.6 is 11.6 Å². The minimum atomic E-state index is -0.435. The Balaban J connectivity index is 2.07. The molecule has 0 radical (unpaired) electrons. The summed E-state index contributed by atoms with van der Waals surface area (Å²) >= 11 is 5.90. The second-order valence-electron chi connectivity index (χ2n) is 5.81. The number of hydrogen-bond donors (Lipinski definition) is 0. The fourth-order valence-corrected chi connectivity index (χ4v) is 2.65. The number of aromatic nitrogens is 2. The summed E-state index contributed by atoms with van der Waals surface area (Å²) < 4.78 is 1.42. The third-order valence-electron chi connectivity index (χ3n) is 3.77. The van der Waals surface area contributed by atoms with Gasteiger partial charge < -0.3 is 0 Å². The summed E-state index contributed by atoms with van der Waals surface area (Å²) in [6.45, 7) is 2.62. The number of imidazole rings is 1. The molecule has 0 aliphatic carbocycles. The summed E-state index contributed by atoms with van der Waals surface area (Å²) in [6.07, 6.45) is 3.28. The van der Waals surface area contributed by atoms with Crippen LogP contribution in [0.3, 0.4) is 0 Å². The molecule has 0 N–H and O–H groups in total. The topological polar surface area (TPSA) is 67.6 Å². The number of imide groups is 1. The molecule has 0 saturated carbocycles. The van der Waals surface area contributed by atoms with Crippen molar-refractivity contribution in [2.24, 2.45) is 5.10 Å². The zero-order chi connectivity index (χ0) is 19.4. The van der Waals surface area contributed by atoms with E-state index in [9.17, 15) is 9.59 Å². The highest BCUT2D eigenvalue weighted by atomic mass is 35.5. The van der Waals surface area contributed by atoms with Crippen molar-refractivity contribution in [1.29, 1.82) is 0 Å². The molecule has 27 heavy (non-hydrogen) atoms. The van der Waals surface area contributed by atoms with Crippen molar-refractivity contribution in [2.45, 2.75) is 13.8 Å². The second-order valence-corrected chi connectivity index (χ2v) is 6.24. The van der Waals surface area contributed by atoms with Gasteiger partial charge in [-0.3, -0.25) is 9.59 Å². The van der Waals surface area contributed by atoms with Crippen LogP contribution in [-0.4, -0.2) is 27.7 Å². The van der Waals surface area contributed by atoms with Gasteiger partial charge in [-0.2, -0.15) is 5.10 Å². The van der Waals surface area contributed by atoms with Crippen molar-refractivity contribution >= 4 is 35.6 Å². The quantitative estimate of drug-likeness (QED) is 0.643. The Bertz CT molecular complexity index is 981. The zero-order valence-corrected chi connectivity index (χ0v) is 15.6. The van der Waals surface area contributed by atoms with Gasteiger partial charge in [0.2, 0.25) is 17.8 Å². The highest BCUT2D eigenvalue weighted by Crippen LogP contribution is 2.23. The molecule has 1 heterocycles. The van der Waals surface area contributed by atoms with Gasteiger partial charge in [-0.25, -0.2) is 14.6 Å². The van der Waals surface area contributed by atoms with Crippen molar-refractivity contribution in [1.82, 2.24) is 9.66 Å². The molecule has 0 fully saturated rings. The maximum Gasteiger partial charge on any atom is 0.241 e. The SMILES string of the molecule is CC(=O)N(C(C)=O)c1nc(-c2ccccc2)cn1/N=C/c1ccc(Cl)cc1. The maximum atomic E-state index is 12.0. The third-order valence-corrected chi connectivity index (χ3v) is 4.02. The fraction of sp³-hybridized carbons (Fsp3) is 0.100. The van der Waals surface area contributed by atoms with Crippen LogP contribution in [0.25, 0.3) is 11.3 Å². The summed E-state index contributed by atoms with van der Waals surface area (Å²) in [5, 5.41) is 5.00. The fourth-order valence-electron chi connectivity index (χ4n) is 2.53.